The highest BCUT2D eigenvalue weighted by Gasteiger charge is 2.23. The van der Waals surface area contributed by atoms with Crippen molar-refractivity contribution in [2.45, 2.75) is 33.6 Å². The lowest BCUT2D eigenvalue weighted by atomic mass is 9.96. The number of nitrogens with one attached hydrogen (secondary N) is 1. The molecule has 0 spiro atoms. The van der Waals surface area contributed by atoms with Crippen LogP contribution in [0.5, 0.6) is 0 Å². The van der Waals surface area contributed by atoms with Gasteiger partial charge in [-0.05, 0) is 31.5 Å². The van der Waals surface area contributed by atoms with Gasteiger partial charge in [0.25, 0.3) is 0 Å². The first-order chi connectivity index (χ1) is 8.60. The largest absolute Gasteiger partial charge is 0.316 e. The SMILES string of the molecule is CCC.Cc1ccc(C(=O)C2CCNC2)cc1Cl. The minimum Gasteiger partial charge on any atom is -0.316 e. The van der Waals surface area contributed by atoms with Crippen molar-refractivity contribution in [2.75, 3.05) is 13.1 Å². The highest BCUT2D eigenvalue weighted by molar-refractivity contribution is 6.31. The number of halogens is 1. The maximum absolute atomic E-state index is 12.0. The lowest BCUT2D eigenvalue weighted by molar-refractivity contribution is 0.0930. The molecule has 2 rings (SSSR count). The topological polar surface area (TPSA) is 29.1 Å². The van der Waals surface area contributed by atoms with E-state index in [0.717, 1.165) is 30.6 Å². The van der Waals surface area contributed by atoms with Crippen LogP contribution in [0.15, 0.2) is 18.2 Å². The average Bonchev–Trinajstić information content (AvgIpc) is 2.86. The third-order valence-corrected chi connectivity index (χ3v) is 3.29. The number of hydrogen-bond acceptors (Lipinski definition) is 2. The highest BCUT2D eigenvalue weighted by Crippen LogP contribution is 2.21. The Labute approximate surface area is 115 Å². The van der Waals surface area contributed by atoms with Gasteiger partial charge in [-0.3, -0.25) is 4.79 Å². The monoisotopic (exact) mass is 267 g/mol. The summed E-state index contributed by atoms with van der Waals surface area (Å²) in [6.45, 7) is 7.92. The van der Waals surface area contributed by atoms with Crippen LogP contribution in [0.4, 0.5) is 0 Å². The van der Waals surface area contributed by atoms with Crippen LogP contribution in [0.3, 0.4) is 0 Å². The molecule has 0 amide bonds. The minimum absolute atomic E-state index is 0.128. The predicted molar refractivity (Wildman–Crippen MR) is 77.5 cm³/mol. The lowest BCUT2D eigenvalue weighted by Crippen LogP contribution is -2.17. The quantitative estimate of drug-likeness (QED) is 0.825. The number of benzene rings is 1. The van der Waals surface area contributed by atoms with E-state index in [-0.39, 0.29) is 11.7 Å². The molecular formula is C15H22ClNO. The Balaban J connectivity index is 0.000000492. The number of rotatable bonds is 2. The molecule has 1 heterocycles. The Morgan fingerprint density at radius 3 is 2.61 bits per heavy atom. The average molecular weight is 268 g/mol. The maximum Gasteiger partial charge on any atom is 0.167 e. The van der Waals surface area contributed by atoms with Gasteiger partial charge in [-0.1, -0.05) is 44.0 Å². The molecule has 0 aliphatic carbocycles. The molecule has 1 aromatic rings. The smallest absolute Gasteiger partial charge is 0.167 e. The highest BCUT2D eigenvalue weighted by atomic mass is 35.5. The summed E-state index contributed by atoms with van der Waals surface area (Å²) >= 11 is 6.00. The zero-order valence-electron chi connectivity index (χ0n) is 11.4. The van der Waals surface area contributed by atoms with Crippen molar-refractivity contribution in [2.24, 2.45) is 5.92 Å². The van der Waals surface area contributed by atoms with E-state index in [1.807, 2.05) is 19.1 Å². The second-order valence-electron chi connectivity index (χ2n) is 4.73. The minimum atomic E-state index is 0.128. The van der Waals surface area contributed by atoms with Crippen molar-refractivity contribution in [1.82, 2.24) is 5.32 Å². The molecule has 1 aromatic carbocycles. The Bertz CT molecular complexity index is 397. The second-order valence-corrected chi connectivity index (χ2v) is 5.13. The van der Waals surface area contributed by atoms with E-state index in [1.54, 1.807) is 6.07 Å². The summed E-state index contributed by atoms with van der Waals surface area (Å²) in [6, 6.07) is 5.54. The van der Waals surface area contributed by atoms with E-state index >= 15 is 0 Å². The van der Waals surface area contributed by atoms with E-state index in [9.17, 15) is 4.79 Å². The van der Waals surface area contributed by atoms with Gasteiger partial charge < -0.3 is 5.32 Å². The molecule has 0 aromatic heterocycles. The van der Waals surface area contributed by atoms with Gasteiger partial charge in [0.1, 0.15) is 0 Å². The molecule has 1 fully saturated rings. The fraction of sp³-hybridized carbons (Fsp3) is 0.533. The first-order valence-electron chi connectivity index (χ1n) is 6.61. The van der Waals surface area contributed by atoms with E-state index in [1.165, 1.54) is 6.42 Å². The molecule has 0 bridgehead atoms. The normalized spacial score (nSPS) is 18.1. The molecule has 3 heteroatoms. The third-order valence-electron chi connectivity index (χ3n) is 2.89. The molecular weight excluding hydrogens is 246 g/mol. The summed E-state index contributed by atoms with van der Waals surface area (Å²) in [6.07, 6.45) is 2.18. The van der Waals surface area contributed by atoms with Gasteiger partial charge in [0.15, 0.2) is 5.78 Å². The zero-order chi connectivity index (χ0) is 13.5. The standard InChI is InChI=1S/C12H14ClNO.C3H8/c1-8-2-3-9(6-11(8)13)12(15)10-4-5-14-7-10;1-3-2/h2-3,6,10,14H,4-5,7H2,1H3;3H2,1-2H3. The van der Waals surface area contributed by atoms with Crippen LogP contribution in [-0.2, 0) is 0 Å². The first kappa shape index (κ1) is 15.2. The molecule has 0 radical (unpaired) electrons. The number of ketones is 1. The van der Waals surface area contributed by atoms with Crippen LogP contribution in [0, 0.1) is 12.8 Å². The Hall–Kier alpha value is -0.860. The van der Waals surface area contributed by atoms with Gasteiger partial charge in [0, 0.05) is 23.0 Å². The van der Waals surface area contributed by atoms with Crippen LogP contribution in [0.25, 0.3) is 0 Å². The maximum atomic E-state index is 12.0. The molecule has 18 heavy (non-hydrogen) atoms. The third kappa shape index (κ3) is 4.11. The van der Waals surface area contributed by atoms with Crippen molar-refractivity contribution in [1.29, 1.82) is 0 Å². The molecule has 2 nitrogen and oxygen atoms in total. The summed E-state index contributed by atoms with van der Waals surface area (Å²) < 4.78 is 0. The molecule has 1 atom stereocenters. The summed E-state index contributed by atoms with van der Waals surface area (Å²) in [4.78, 5) is 12.0. The molecule has 1 N–H and O–H groups in total. The zero-order valence-corrected chi connectivity index (χ0v) is 12.2. The summed E-state index contributed by atoms with van der Waals surface area (Å²) in [5.41, 5.74) is 1.75. The van der Waals surface area contributed by atoms with Gasteiger partial charge in [-0.25, -0.2) is 0 Å². The van der Waals surface area contributed by atoms with Crippen LogP contribution >= 0.6 is 11.6 Å². The van der Waals surface area contributed by atoms with Gasteiger partial charge in [-0.15, -0.1) is 0 Å². The number of Topliss-reactive ketones (excluding diaryl/α,β-unsaturated/α-hetero) is 1. The molecule has 1 aliphatic rings. The Kier molecular flexibility index (Phi) is 6.37. The van der Waals surface area contributed by atoms with Crippen molar-refractivity contribution >= 4 is 17.4 Å². The molecule has 0 saturated carbocycles. The Morgan fingerprint density at radius 2 is 2.11 bits per heavy atom. The van der Waals surface area contributed by atoms with E-state index < -0.39 is 0 Å². The van der Waals surface area contributed by atoms with Crippen LogP contribution in [0.2, 0.25) is 5.02 Å². The van der Waals surface area contributed by atoms with Gasteiger partial charge in [0.2, 0.25) is 0 Å². The first-order valence-corrected chi connectivity index (χ1v) is 6.99. The molecule has 100 valence electrons. The van der Waals surface area contributed by atoms with Crippen LogP contribution < -0.4 is 5.32 Å². The van der Waals surface area contributed by atoms with Gasteiger partial charge >= 0.3 is 0 Å². The van der Waals surface area contributed by atoms with Crippen molar-refractivity contribution in [3.8, 4) is 0 Å². The molecule has 1 saturated heterocycles. The van der Waals surface area contributed by atoms with Gasteiger partial charge in [-0.2, -0.15) is 0 Å². The van der Waals surface area contributed by atoms with E-state index in [4.69, 9.17) is 11.6 Å². The summed E-state index contributed by atoms with van der Waals surface area (Å²) in [7, 11) is 0. The van der Waals surface area contributed by atoms with Crippen molar-refractivity contribution in [3.63, 3.8) is 0 Å². The fourth-order valence-corrected chi connectivity index (χ4v) is 2.04. The van der Waals surface area contributed by atoms with Gasteiger partial charge in [0.05, 0.1) is 0 Å². The number of hydrogen-bond donors (Lipinski definition) is 1. The Morgan fingerprint density at radius 1 is 1.44 bits per heavy atom. The number of carbonyl (C=O) groups excluding carboxylic acids is 1. The lowest BCUT2D eigenvalue weighted by Gasteiger charge is -2.08. The number of carbonyl (C=O) groups is 1. The second kappa shape index (κ2) is 7.55. The van der Waals surface area contributed by atoms with Crippen LogP contribution in [0.1, 0.15) is 42.6 Å². The van der Waals surface area contributed by atoms with Crippen molar-refractivity contribution in [3.05, 3.63) is 34.3 Å². The summed E-state index contributed by atoms with van der Waals surface area (Å²) in [5, 5.41) is 3.87. The van der Waals surface area contributed by atoms with Crippen molar-refractivity contribution < 1.29 is 4.79 Å². The fourth-order valence-electron chi connectivity index (χ4n) is 1.86. The van der Waals surface area contributed by atoms with E-state index in [2.05, 4.69) is 19.2 Å². The van der Waals surface area contributed by atoms with E-state index in [0.29, 0.717) is 5.02 Å². The summed E-state index contributed by atoms with van der Waals surface area (Å²) in [5.74, 6) is 0.339. The number of aryl methyl sites for hydroxylation is 1. The van der Waals surface area contributed by atoms with Crippen LogP contribution in [-0.4, -0.2) is 18.9 Å². The molecule has 1 unspecified atom stereocenters. The predicted octanol–water partition coefficient (Wildman–Crippen LogP) is 3.86. The molecule has 1 aliphatic heterocycles.